The molecule has 4 N–H and O–H groups in total. The maximum atomic E-state index is 13.2. The van der Waals surface area contributed by atoms with Crippen molar-refractivity contribution in [3.05, 3.63) is 36.0 Å². The van der Waals surface area contributed by atoms with E-state index in [1.807, 2.05) is 41.8 Å². The first-order valence-electron chi connectivity index (χ1n) is 17.3. The number of rotatable bonds is 10. The second-order valence-corrected chi connectivity index (χ2v) is 14.7. The van der Waals surface area contributed by atoms with Crippen molar-refractivity contribution in [1.82, 2.24) is 9.80 Å². The molecule has 0 radical (unpaired) electrons. The SMILES string of the molecule is CCC(O)C(C)C1OC1CC(C)(O)C=CC=C(C)C1OC(=O)CC(O)CCC(C)(O)C(OC(=O)N2CCC(N(C)C)CC2)C=CC1C. The average molecular weight is 665 g/mol. The number of cyclic esters (lactones) is 1. The lowest BCUT2D eigenvalue weighted by Crippen LogP contribution is -2.48. The van der Waals surface area contributed by atoms with Crippen molar-refractivity contribution in [3.8, 4) is 0 Å². The highest BCUT2D eigenvalue weighted by Gasteiger charge is 2.47. The minimum atomic E-state index is -1.48. The van der Waals surface area contributed by atoms with E-state index in [0.29, 0.717) is 37.5 Å². The summed E-state index contributed by atoms with van der Waals surface area (Å²) in [6.07, 6.45) is 7.41. The van der Waals surface area contributed by atoms with Gasteiger partial charge in [-0.15, -0.1) is 0 Å². The van der Waals surface area contributed by atoms with E-state index in [2.05, 4.69) is 4.90 Å². The summed E-state index contributed by atoms with van der Waals surface area (Å²) in [5.74, 6) is -0.945. The van der Waals surface area contributed by atoms with Crippen molar-refractivity contribution >= 4 is 12.1 Å². The smallest absolute Gasteiger partial charge is 0.410 e. The molecule has 2 fully saturated rings. The van der Waals surface area contributed by atoms with E-state index in [1.165, 1.54) is 0 Å². The fourth-order valence-corrected chi connectivity index (χ4v) is 6.55. The molecule has 3 rings (SSSR count). The predicted octanol–water partition coefficient (Wildman–Crippen LogP) is 3.74. The molecule has 3 aliphatic heterocycles. The fourth-order valence-electron chi connectivity index (χ4n) is 6.55. The molecule has 11 heteroatoms. The summed E-state index contributed by atoms with van der Waals surface area (Å²) >= 11 is 0. The Morgan fingerprint density at radius 2 is 1.91 bits per heavy atom. The first kappa shape index (κ1) is 39.2. The van der Waals surface area contributed by atoms with Crippen LogP contribution >= 0.6 is 0 Å². The van der Waals surface area contributed by atoms with E-state index in [4.69, 9.17) is 14.2 Å². The van der Waals surface area contributed by atoms with Gasteiger partial charge in [0.2, 0.25) is 0 Å². The van der Waals surface area contributed by atoms with E-state index in [-0.39, 0.29) is 43.3 Å². The molecule has 10 atom stereocenters. The molecule has 0 aliphatic carbocycles. The van der Waals surface area contributed by atoms with Crippen LogP contribution in [0.1, 0.15) is 86.5 Å². The maximum Gasteiger partial charge on any atom is 0.410 e. The van der Waals surface area contributed by atoms with Gasteiger partial charge in [-0.3, -0.25) is 4.79 Å². The van der Waals surface area contributed by atoms with Crippen molar-refractivity contribution in [2.24, 2.45) is 11.8 Å². The molecule has 0 spiro atoms. The molecule has 2 saturated heterocycles. The zero-order valence-corrected chi connectivity index (χ0v) is 29.7. The van der Waals surface area contributed by atoms with Gasteiger partial charge in [-0.25, -0.2) is 4.79 Å². The second-order valence-electron chi connectivity index (χ2n) is 14.7. The number of aliphatic hydroxyl groups is 4. The molecule has 0 bridgehead atoms. The molecular weight excluding hydrogens is 604 g/mol. The molecule has 0 aromatic heterocycles. The molecule has 3 aliphatic rings. The van der Waals surface area contributed by atoms with Crippen LogP contribution in [0.15, 0.2) is 36.0 Å². The largest absolute Gasteiger partial charge is 0.457 e. The van der Waals surface area contributed by atoms with Crippen molar-refractivity contribution in [2.45, 2.75) is 140 Å². The predicted molar refractivity (Wildman–Crippen MR) is 179 cm³/mol. The third-order valence-corrected chi connectivity index (χ3v) is 10.0. The van der Waals surface area contributed by atoms with Crippen LogP contribution in [-0.2, 0) is 19.0 Å². The number of nitrogens with zero attached hydrogens (tertiary/aromatic N) is 2. The van der Waals surface area contributed by atoms with Gasteiger partial charge < -0.3 is 44.4 Å². The molecule has 10 unspecified atom stereocenters. The van der Waals surface area contributed by atoms with Crippen LogP contribution in [0.5, 0.6) is 0 Å². The normalized spacial score (nSPS) is 34.3. The Bertz CT molecular complexity index is 1130. The lowest BCUT2D eigenvalue weighted by molar-refractivity contribution is -0.151. The first-order valence-corrected chi connectivity index (χ1v) is 17.3. The maximum absolute atomic E-state index is 13.2. The van der Waals surface area contributed by atoms with E-state index in [0.717, 1.165) is 12.8 Å². The van der Waals surface area contributed by atoms with Crippen LogP contribution in [0.2, 0.25) is 0 Å². The molecule has 0 aromatic carbocycles. The van der Waals surface area contributed by atoms with Crippen molar-refractivity contribution in [3.63, 3.8) is 0 Å². The Morgan fingerprint density at radius 3 is 2.53 bits per heavy atom. The molecular formula is C36H60N2O9. The van der Waals surface area contributed by atoms with E-state index >= 15 is 0 Å². The van der Waals surface area contributed by atoms with Crippen LogP contribution in [0.3, 0.4) is 0 Å². The van der Waals surface area contributed by atoms with Gasteiger partial charge in [0.05, 0.1) is 36.4 Å². The fraction of sp³-hybridized carbons (Fsp3) is 0.778. The number of aliphatic hydroxyl groups excluding tert-OH is 2. The molecule has 0 saturated carbocycles. The number of allylic oxidation sites excluding steroid dienone is 2. The van der Waals surface area contributed by atoms with Crippen molar-refractivity contribution < 1.29 is 44.2 Å². The molecule has 47 heavy (non-hydrogen) atoms. The van der Waals surface area contributed by atoms with Gasteiger partial charge in [-0.2, -0.15) is 0 Å². The summed E-state index contributed by atoms with van der Waals surface area (Å²) in [6.45, 7) is 12.0. The first-order chi connectivity index (χ1) is 21.9. The number of carbonyl (C=O) groups excluding carboxylic acids is 2. The number of likely N-dealkylation sites (tertiary alicyclic amines) is 1. The van der Waals surface area contributed by atoms with Crippen LogP contribution in [0.4, 0.5) is 4.79 Å². The monoisotopic (exact) mass is 664 g/mol. The van der Waals surface area contributed by atoms with Gasteiger partial charge in [0.15, 0.2) is 6.10 Å². The van der Waals surface area contributed by atoms with Crippen LogP contribution in [-0.4, -0.2) is 123 Å². The standard InChI is InChI=1S/C36H60N2O9/c1-9-28(40)25(4)33-29(45-33)22-35(5,43)17-10-11-23(2)32-24(3)12-13-30(36(6,44)18-14-27(39)21-31(41)47-32)46-34(42)38-19-15-26(16-20-38)37(7)8/h10-13,17,24-30,32-33,39-40,43-44H,9,14-16,18-22H2,1-8H3. The van der Waals surface area contributed by atoms with Gasteiger partial charge in [0.1, 0.15) is 11.7 Å². The number of hydrogen-bond acceptors (Lipinski definition) is 10. The van der Waals surface area contributed by atoms with Gasteiger partial charge in [0.25, 0.3) is 0 Å². The molecule has 268 valence electrons. The van der Waals surface area contributed by atoms with Gasteiger partial charge in [-0.05, 0) is 78.6 Å². The number of carbonyl (C=O) groups is 2. The van der Waals surface area contributed by atoms with Crippen molar-refractivity contribution in [1.29, 1.82) is 0 Å². The van der Waals surface area contributed by atoms with Gasteiger partial charge in [0, 0.05) is 37.4 Å². The number of piperidine rings is 1. The Kier molecular flexibility index (Phi) is 14.1. The summed E-state index contributed by atoms with van der Waals surface area (Å²) in [5.41, 5.74) is -1.93. The summed E-state index contributed by atoms with van der Waals surface area (Å²) in [7, 11) is 4.06. The number of epoxide rings is 1. The molecule has 11 nitrogen and oxygen atoms in total. The summed E-state index contributed by atoms with van der Waals surface area (Å²) in [6, 6.07) is 0.400. The third-order valence-electron chi connectivity index (χ3n) is 10.0. The zero-order chi connectivity index (χ0) is 35.1. The Balaban J connectivity index is 1.74. The summed E-state index contributed by atoms with van der Waals surface area (Å²) in [5, 5.41) is 43.2. The average Bonchev–Trinajstić information content (AvgIpc) is 3.77. The molecule has 3 heterocycles. The number of esters is 1. The topological polar surface area (TPSA) is 153 Å². The summed E-state index contributed by atoms with van der Waals surface area (Å²) in [4.78, 5) is 29.9. The highest BCUT2D eigenvalue weighted by Crippen LogP contribution is 2.37. The second kappa shape index (κ2) is 16.9. The van der Waals surface area contributed by atoms with E-state index in [9.17, 15) is 30.0 Å². The quantitative estimate of drug-likeness (QED) is 0.118. The van der Waals surface area contributed by atoms with Crippen molar-refractivity contribution in [2.75, 3.05) is 27.2 Å². The Morgan fingerprint density at radius 1 is 1.26 bits per heavy atom. The minimum Gasteiger partial charge on any atom is -0.457 e. The highest BCUT2D eigenvalue weighted by molar-refractivity contribution is 5.70. The van der Waals surface area contributed by atoms with Crippen LogP contribution in [0.25, 0.3) is 0 Å². The number of hydrogen-bond donors (Lipinski definition) is 4. The van der Waals surface area contributed by atoms with Crippen LogP contribution < -0.4 is 0 Å². The third kappa shape index (κ3) is 11.7. The van der Waals surface area contributed by atoms with Gasteiger partial charge >= 0.3 is 12.1 Å². The lowest BCUT2D eigenvalue weighted by atomic mass is 9.88. The number of amides is 1. The van der Waals surface area contributed by atoms with E-state index < -0.39 is 47.7 Å². The minimum absolute atomic E-state index is 0.0109. The van der Waals surface area contributed by atoms with Gasteiger partial charge in [-0.1, -0.05) is 45.1 Å². The molecule has 1 amide bonds. The molecule has 0 aromatic rings. The Labute approximate surface area is 281 Å². The van der Waals surface area contributed by atoms with Crippen LogP contribution in [0, 0.1) is 11.8 Å². The number of ether oxygens (including phenoxy) is 3. The van der Waals surface area contributed by atoms with E-state index in [1.54, 1.807) is 49.1 Å². The lowest BCUT2D eigenvalue weighted by Gasteiger charge is -2.37. The zero-order valence-electron chi connectivity index (χ0n) is 29.7. The Hall–Kier alpha value is -2.28. The summed E-state index contributed by atoms with van der Waals surface area (Å²) < 4.78 is 17.5. The highest BCUT2D eigenvalue weighted by atomic mass is 16.6.